The first-order valence-corrected chi connectivity index (χ1v) is 5.94. The van der Waals surface area contributed by atoms with Crippen molar-refractivity contribution in [2.45, 2.75) is 32.2 Å². The van der Waals surface area contributed by atoms with E-state index in [1.807, 2.05) is 6.07 Å². The molecular weight excluding hydrogens is 200 g/mol. The molecule has 1 rings (SSSR count). The first-order chi connectivity index (χ1) is 7.86. The van der Waals surface area contributed by atoms with E-state index < -0.39 is 0 Å². The van der Waals surface area contributed by atoms with Crippen molar-refractivity contribution in [2.24, 2.45) is 5.84 Å². The third kappa shape index (κ3) is 5.26. The summed E-state index contributed by atoms with van der Waals surface area (Å²) in [5, 5.41) is 0. The first-order valence-electron chi connectivity index (χ1n) is 5.94. The topological polar surface area (TPSA) is 47.3 Å². The Kier molecular flexibility index (Phi) is 6.81. The molecule has 16 heavy (non-hydrogen) atoms. The fraction of sp³-hybridized carbons (Fsp3) is 0.538. The van der Waals surface area contributed by atoms with Crippen LogP contribution >= 0.6 is 0 Å². The molecule has 0 bridgehead atoms. The average Bonchev–Trinajstić information content (AvgIpc) is 2.35. The van der Waals surface area contributed by atoms with Crippen molar-refractivity contribution in [1.29, 1.82) is 0 Å². The lowest BCUT2D eigenvalue weighted by atomic mass is 10.1. The molecule has 0 aliphatic carbocycles. The van der Waals surface area contributed by atoms with Crippen molar-refractivity contribution in [3.05, 3.63) is 35.9 Å². The summed E-state index contributed by atoms with van der Waals surface area (Å²) in [6.45, 7) is 3.61. The zero-order valence-corrected chi connectivity index (χ0v) is 9.99. The van der Waals surface area contributed by atoms with Crippen LogP contribution in [0.1, 0.15) is 25.3 Å². The molecule has 0 amide bonds. The van der Waals surface area contributed by atoms with Crippen molar-refractivity contribution in [3.8, 4) is 0 Å². The fourth-order valence-corrected chi connectivity index (χ4v) is 1.57. The summed E-state index contributed by atoms with van der Waals surface area (Å²) >= 11 is 0. The van der Waals surface area contributed by atoms with E-state index in [1.54, 1.807) is 0 Å². The van der Waals surface area contributed by atoms with Gasteiger partial charge in [0, 0.05) is 12.6 Å². The van der Waals surface area contributed by atoms with Crippen LogP contribution in [0.4, 0.5) is 0 Å². The minimum absolute atomic E-state index is 0.242. The summed E-state index contributed by atoms with van der Waals surface area (Å²) in [5.74, 6) is 5.49. The smallest absolute Gasteiger partial charge is 0.0633 e. The van der Waals surface area contributed by atoms with Gasteiger partial charge in [0.1, 0.15) is 0 Å². The highest BCUT2D eigenvalue weighted by Gasteiger charge is 2.06. The van der Waals surface area contributed by atoms with Crippen LogP contribution in [0, 0.1) is 0 Å². The van der Waals surface area contributed by atoms with Gasteiger partial charge in [0.05, 0.1) is 6.61 Å². The molecular formula is C13H22N2O. The first kappa shape index (κ1) is 13.2. The van der Waals surface area contributed by atoms with Crippen molar-refractivity contribution in [1.82, 2.24) is 5.43 Å². The highest BCUT2D eigenvalue weighted by atomic mass is 16.5. The normalized spacial score (nSPS) is 12.6. The summed E-state index contributed by atoms with van der Waals surface area (Å²) < 4.78 is 5.48. The van der Waals surface area contributed by atoms with Crippen LogP contribution in [-0.2, 0) is 11.2 Å². The second-order valence-electron chi connectivity index (χ2n) is 3.96. The van der Waals surface area contributed by atoms with Crippen molar-refractivity contribution in [2.75, 3.05) is 13.2 Å². The largest absolute Gasteiger partial charge is 0.380 e. The van der Waals surface area contributed by atoms with Gasteiger partial charge >= 0.3 is 0 Å². The van der Waals surface area contributed by atoms with Crippen molar-refractivity contribution >= 4 is 0 Å². The Morgan fingerprint density at radius 1 is 1.31 bits per heavy atom. The molecule has 3 N–H and O–H groups in total. The van der Waals surface area contributed by atoms with Crippen LogP contribution in [0.25, 0.3) is 0 Å². The quantitative estimate of drug-likeness (QED) is 0.401. The van der Waals surface area contributed by atoms with E-state index in [9.17, 15) is 0 Å². The molecule has 0 spiro atoms. The minimum Gasteiger partial charge on any atom is -0.380 e. The molecule has 1 unspecified atom stereocenters. The molecule has 0 fully saturated rings. The van der Waals surface area contributed by atoms with E-state index in [0.29, 0.717) is 6.61 Å². The molecule has 0 saturated heterocycles. The van der Waals surface area contributed by atoms with E-state index in [-0.39, 0.29) is 6.04 Å². The van der Waals surface area contributed by atoms with Gasteiger partial charge in [0.2, 0.25) is 0 Å². The van der Waals surface area contributed by atoms with Gasteiger partial charge in [-0.25, -0.2) is 0 Å². The molecule has 1 aromatic rings. The third-order valence-corrected chi connectivity index (χ3v) is 2.53. The average molecular weight is 222 g/mol. The van der Waals surface area contributed by atoms with Gasteiger partial charge in [0.25, 0.3) is 0 Å². The predicted octanol–water partition coefficient (Wildman–Crippen LogP) is 1.88. The van der Waals surface area contributed by atoms with Gasteiger partial charge < -0.3 is 4.74 Å². The maximum absolute atomic E-state index is 5.49. The lowest BCUT2D eigenvalue weighted by molar-refractivity contribution is 0.109. The highest BCUT2D eigenvalue weighted by molar-refractivity contribution is 5.14. The Hall–Kier alpha value is -0.900. The molecule has 1 atom stereocenters. The molecule has 0 saturated carbocycles. The number of nitrogens with two attached hydrogens (primary N) is 1. The summed E-state index contributed by atoms with van der Waals surface area (Å²) in [5.41, 5.74) is 4.15. The Bertz CT molecular complexity index is 264. The molecule has 0 aliphatic rings. The molecule has 90 valence electrons. The van der Waals surface area contributed by atoms with Gasteiger partial charge in [-0.1, -0.05) is 37.3 Å². The van der Waals surface area contributed by atoms with Crippen LogP contribution in [0.5, 0.6) is 0 Å². The summed E-state index contributed by atoms with van der Waals surface area (Å²) in [7, 11) is 0. The van der Waals surface area contributed by atoms with E-state index in [4.69, 9.17) is 10.6 Å². The number of rotatable bonds is 8. The van der Waals surface area contributed by atoms with Crippen LogP contribution in [0.3, 0.4) is 0 Å². The van der Waals surface area contributed by atoms with E-state index >= 15 is 0 Å². The van der Waals surface area contributed by atoms with Crippen molar-refractivity contribution in [3.63, 3.8) is 0 Å². The van der Waals surface area contributed by atoms with E-state index in [0.717, 1.165) is 25.9 Å². The Balaban J connectivity index is 2.23. The second-order valence-corrected chi connectivity index (χ2v) is 3.96. The number of hydrogen-bond donors (Lipinski definition) is 2. The maximum Gasteiger partial charge on any atom is 0.0633 e. The van der Waals surface area contributed by atoms with Gasteiger partial charge in [-0.15, -0.1) is 0 Å². The van der Waals surface area contributed by atoms with E-state index in [2.05, 4.69) is 36.6 Å². The Labute approximate surface area is 98.0 Å². The molecule has 0 aromatic heterocycles. The van der Waals surface area contributed by atoms with Crippen LogP contribution < -0.4 is 11.3 Å². The Morgan fingerprint density at radius 2 is 2.06 bits per heavy atom. The molecule has 0 radical (unpaired) electrons. The summed E-state index contributed by atoms with van der Waals surface area (Å²) in [6.07, 6.45) is 3.09. The molecule has 0 aliphatic heterocycles. The molecule has 3 heteroatoms. The summed E-state index contributed by atoms with van der Waals surface area (Å²) in [6, 6.07) is 10.7. The van der Waals surface area contributed by atoms with Gasteiger partial charge in [-0.3, -0.25) is 11.3 Å². The van der Waals surface area contributed by atoms with E-state index in [1.165, 1.54) is 5.56 Å². The number of nitrogens with one attached hydrogen (secondary N) is 1. The SMILES string of the molecule is CCCOCC(CCc1ccccc1)NN. The zero-order chi connectivity index (χ0) is 11.6. The monoisotopic (exact) mass is 222 g/mol. The van der Waals surface area contributed by atoms with Gasteiger partial charge in [-0.05, 0) is 24.8 Å². The predicted molar refractivity (Wildman–Crippen MR) is 67.0 cm³/mol. The van der Waals surface area contributed by atoms with Gasteiger partial charge in [0.15, 0.2) is 0 Å². The number of aryl methyl sites for hydroxylation is 1. The maximum atomic E-state index is 5.49. The number of ether oxygens (including phenoxy) is 1. The highest BCUT2D eigenvalue weighted by Crippen LogP contribution is 2.05. The Morgan fingerprint density at radius 3 is 2.69 bits per heavy atom. The molecule has 3 nitrogen and oxygen atoms in total. The van der Waals surface area contributed by atoms with Crippen LogP contribution in [-0.4, -0.2) is 19.3 Å². The third-order valence-electron chi connectivity index (χ3n) is 2.53. The lowest BCUT2D eigenvalue weighted by Gasteiger charge is -2.15. The van der Waals surface area contributed by atoms with Crippen LogP contribution in [0.2, 0.25) is 0 Å². The number of hydrogen-bond acceptors (Lipinski definition) is 3. The summed E-state index contributed by atoms with van der Waals surface area (Å²) in [4.78, 5) is 0. The lowest BCUT2D eigenvalue weighted by Crippen LogP contribution is -2.39. The number of hydrazine groups is 1. The van der Waals surface area contributed by atoms with Crippen LogP contribution in [0.15, 0.2) is 30.3 Å². The second kappa shape index (κ2) is 8.28. The van der Waals surface area contributed by atoms with Gasteiger partial charge in [-0.2, -0.15) is 0 Å². The fourth-order valence-electron chi connectivity index (χ4n) is 1.57. The minimum atomic E-state index is 0.242. The van der Waals surface area contributed by atoms with Crippen molar-refractivity contribution < 1.29 is 4.74 Å². The standard InChI is InChI=1S/C13H22N2O/c1-2-10-16-11-13(15-14)9-8-12-6-4-3-5-7-12/h3-7,13,15H,2,8-11,14H2,1H3. The zero-order valence-electron chi connectivity index (χ0n) is 9.99. The molecule has 1 aromatic carbocycles. The molecule has 0 heterocycles. The number of benzene rings is 1.